The molecule has 0 bridgehead atoms. The summed E-state index contributed by atoms with van der Waals surface area (Å²) >= 11 is 1.91. The molecule has 1 aliphatic rings. The standard InChI is InChI=1S/C17H29NS/c1-12(2)10-18-11-15-6-5-13(3)9-17(15)16-7-8-19-14(16)4/h7-8,12-13,15,17-18H,5-6,9-11H2,1-4H3. The van der Waals surface area contributed by atoms with Gasteiger partial charge in [-0.3, -0.25) is 0 Å². The van der Waals surface area contributed by atoms with E-state index in [1.807, 2.05) is 11.3 Å². The lowest BCUT2D eigenvalue weighted by molar-refractivity contribution is 0.240. The summed E-state index contributed by atoms with van der Waals surface area (Å²) in [7, 11) is 0. The van der Waals surface area contributed by atoms with Crippen LogP contribution < -0.4 is 5.32 Å². The average Bonchev–Trinajstić information content (AvgIpc) is 2.77. The summed E-state index contributed by atoms with van der Waals surface area (Å²) in [6, 6.07) is 2.37. The maximum absolute atomic E-state index is 3.68. The van der Waals surface area contributed by atoms with Crippen LogP contribution in [-0.2, 0) is 0 Å². The molecule has 2 heteroatoms. The summed E-state index contributed by atoms with van der Waals surface area (Å²) in [5.74, 6) is 3.27. The highest BCUT2D eigenvalue weighted by molar-refractivity contribution is 7.10. The van der Waals surface area contributed by atoms with E-state index in [0.29, 0.717) is 0 Å². The van der Waals surface area contributed by atoms with E-state index in [-0.39, 0.29) is 0 Å². The van der Waals surface area contributed by atoms with Crippen LogP contribution in [0, 0.1) is 24.7 Å². The predicted molar refractivity (Wildman–Crippen MR) is 86.0 cm³/mol. The lowest BCUT2D eigenvalue weighted by Crippen LogP contribution is -2.33. The van der Waals surface area contributed by atoms with Gasteiger partial charge in [-0.1, -0.05) is 27.2 Å². The van der Waals surface area contributed by atoms with Gasteiger partial charge in [0, 0.05) is 4.88 Å². The first-order valence-corrected chi connectivity index (χ1v) is 8.70. The van der Waals surface area contributed by atoms with Crippen molar-refractivity contribution in [2.75, 3.05) is 13.1 Å². The maximum Gasteiger partial charge on any atom is 0.00491 e. The topological polar surface area (TPSA) is 12.0 Å². The zero-order chi connectivity index (χ0) is 13.8. The quantitative estimate of drug-likeness (QED) is 0.814. The Morgan fingerprint density at radius 1 is 1.37 bits per heavy atom. The molecular weight excluding hydrogens is 250 g/mol. The molecule has 2 rings (SSSR count). The summed E-state index contributed by atoms with van der Waals surface area (Å²) in [4.78, 5) is 1.54. The third kappa shape index (κ3) is 4.06. The van der Waals surface area contributed by atoms with Gasteiger partial charge in [-0.2, -0.15) is 0 Å². The molecule has 1 aromatic heterocycles. The van der Waals surface area contributed by atoms with E-state index in [4.69, 9.17) is 0 Å². The van der Waals surface area contributed by atoms with E-state index in [0.717, 1.165) is 30.2 Å². The monoisotopic (exact) mass is 279 g/mol. The van der Waals surface area contributed by atoms with Crippen LogP contribution in [0.1, 0.15) is 56.4 Å². The molecule has 0 amide bonds. The molecule has 0 aromatic carbocycles. The Kier molecular flexibility index (Phi) is 5.47. The minimum absolute atomic E-state index is 0.754. The Bertz CT molecular complexity index is 382. The first-order valence-electron chi connectivity index (χ1n) is 7.82. The highest BCUT2D eigenvalue weighted by Crippen LogP contribution is 2.42. The summed E-state index contributed by atoms with van der Waals surface area (Å²) < 4.78 is 0. The SMILES string of the molecule is Cc1sccc1C1CC(C)CCC1CNCC(C)C. The number of hydrogen-bond donors (Lipinski definition) is 1. The summed E-state index contributed by atoms with van der Waals surface area (Å²) in [5, 5.41) is 5.95. The molecule has 108 valence electrons. The number of thiophene rings is 1. The van der Waals surface area contributed by atoms with Crippen molar-refractivity contribution in [2.45, 2.75) is 52.9 Å². The zero-order valence-corrected chi connectivity index (χ0v) is 13.7. The highest BCUT2D eigenvalue weighted by atomic mass is 32.1. The third-order valence-electron chi connectivity index (χ3n) is 4.51. The van der Waals surface area contributed by atoms with E-state index in [2.05, 4.69) is 44.5 Å². The molecule has 1 fully saturated rings. The van der Waals surface area contributed by atoms with Gasteiger partial charge in [-0.05, 0) is 73.5 Å². The molecule has 19 heavy (non-hydrogen) atoms. The van der Waals surface area contributed by atoms with Crippen molar-refractivity contribution in [1.82, 2.24) is 5.32 Å². The summed E-state index contributed by atoms with van der Waals surface area (Å²) in [6.07, 6.45) is 4.19. The van der Waals surface area contributed by atoms with E-state index in [1.54, 1.807) is 5.56 Å². The second-order valence-corrected chi connectivity index (χ2v) is 7.89. The Morgan fingerprint density at radius 2 is 2.16 bits per heavy atom. The van der Waals surface area contributed by atoms with Crippen LogP contribution in [0.3, 0.4) is 0 Å². The number of hydrogen-bond acceptors (Lipinski definition) is 2. The third-order valence-corrected chi connectivity index (χ3v) is 5.37. The van der Waals surface area contributed by atoms with Crippen LogP contribution in [0.4, 0.5) is 0 Å². The van der Waals surface area contributed by atoms with E-state index < -0.39 is 0 Å². The lowest BCUT2D eigenvalue weighted by atomic mass is 9.71. The Labute approximate surface area is 122 Å². The minimum Gasteiger partial charge on any atom is -0.316 e. The van der Waals surface area contributed by atoms with Gasteiger partial charge in [-0.15, -0.1) is 11.3 Å². The lowest BCUT2D eigenvalue weighted by Gasteiger charge is -2.35. The molecule has 1 nitrogen and oxygen atoms in total. The van der Waals surface area contributed by atoms with Crippen molar-refractivity contribution >= 4 is 11.3 Å². The summed E-state index contributed by atoms with van der Waals surface area (Å²) in [6.45, 7) is 11.6. The fourth-order valence-electron chi connectivity index (χ4n) is 3.41. The van der Waals surface area contributed by atoms with Crippen molar-refractivity contribution in [1.29, 1.82) is 0 Å². The summed E-state index contributed by atoms with van der Waals surface area (Å²) in [5.41, 5.74) is 1.63. The normalized spacial score (nSPS) is 27.9. The first-order chi connectivity index (χ1) is 9.08. The van der Waals surface area contributed by atoms with Gasteiger partial charge in [0.25, 0.3) is 0 Å². The maximum atomic E-state index is 3.68. The van der Waals surface area contributed by atoms with Gasteiger partial charge in [0.1, 0.15) is 0 Å². The van der Waals surface area contributed by atoms with Crippen LogP contribution in [0.5, 0.6) is 0 Å². The van der Waals surface area contributed by atoms with Crippen molar-refractivity contribution in [3.05, 3.63) is 21.9 Å². The number of nitrogens with one attached hydrogen (secondary N) is 1. The molecule has 3 unspecified atom stereocenters. The van der Waals surface area contributed by atoms with Crippen molar-refractivity contribution in [3.8, 4) is 0 Å². The van der Waals surface area contributed by atoms with Crippen LogP contribution in [0.25, 0.3) is 0 Å². The zero-order valence-electron chi connectivity index (χ0n) is 12.9. The number of rotatable bonds is 5. The smallest absolute Gasteiger partial charge is 0.00491 e. The molecule has 1 saturated carbocycles. The van der Waals surface area contributed by atoms with E-state index >= 15 is 0 Å². The molecule has 1 N–H and O–H groups in total. The van der Waals surface area contributed by atoms with E-state index in [1.165, 1.54) is 30.7 Å². The predicted octanol–water partition coefficient (Wildman–Crippen LogP) is 4.82. The fraction of sp³-hybridized carbons (Fsp3) is 0.765. The average molecular weight is 279 g/mol. The van der Waals surface area contributed by atoms with Crippen molar-refractivity contribution < 1.29 is 0 Å². The minimum atomic E-state index is 0.754. The van der Waals surface area contributed by atoms with Gasteiger partial charge >= 0.3 is 0 Å². The fourth-order valence-corrected chi connectivity index (χ4v) is 4.18. The Morgan fingerprint density at radius 3 is 2.79 bits per heavy atom. The molecule has 1 aliphatic carbocycles. The molecule has 0 saturated heterocycles. The number of aryl methyl sites for hydroxylation is 1. The molecule has 3 atom stereocenters. The highest BCUT2D eigenvalue weighted by Gasteiger charge is 2.30. The first kappa shape index (κ1) is 15.1. The van der Waals surface area contributed by atoms with Gasteiger partial charge in [0.15, 0.2) is 0 Å². The van der Waals surface area contributed by atoms with Gasteiger partial charge in [0.05, 0.1) is 0 Å². The van der Waals surface area contributed by atoms with Crippen LogP contribution in [0.15, 0.2) is 11.4 Å². The Hall–Kier alpha value is -0.340. The van der Waals surface area contributed by atoms with Crippen molar-refractivity contribution in [2.24, 2.45) is 17.8 Å². The van der Waals surface area contributed by atoms with Crippen LogP contribution in [-0.4, -0.2) is 13.1 Å². The second-order valence-electron chi connectivity index (χ2n) is 6.77. The van der Waals surface area contributed by atoms with Crippen LogP contribution >= 0.6 is 11.3 Å². The molecular formula is C17H29NS. The van der Waals surface area contributed by atoms with E-state index in [9.17, 15) is 0 Å². The van der Waals surface area contributed by atoms with Gasteiger partial charge < -0.3 is 5.32 Å². The van der Waals surface area contributed by atoms with Gasteiger partial charge in [0.2, 0.25) is 0 Å². The molecule has 0 spiro atoms. The molecule has 1 aromatic rings. The molecule has 0 aliphatic heterocycles. The van der Waals surface area contributed by atoms with Crippen molar-refractivity contribution in [3.63, 3.8) is 0 Å². The largest absolute Gasteiger partial charge is 0.316 e. The second kappa shape index (κ2) is 6.90. The molecule has 0 radical (unpaired) electrons. The Balaban J connectivity index is 2.01. The van der Waals surface area contributed by atoms with Gasteiger partial charge in [-0.25, -0.2) is 0 Å². The molecule has 1 heterocycles. The van der Waals surface area contributed by atoms with Crippen LogP contribution in [0.2, 0.25) is 0 Å².